The quantitative estimate of drug-likeness (QED) is 0.757. The summed E-state index contributed by atoms with van der Waals surface area (Å²) in [5.41, 5.74) is 1.08. The molecule has 3 aliphatic rings. The van der Waals surface area contributed by atoms with Crippen molar-refractivity contribution in [3.8, 4) is 0 Å². The normalized spacial score (nSPS) is 25.4. The van der Waals surface area contributed by atoms with Crippen molar-refractivity contribution in [3.63, 3.8) is 0 Å². The highest BCUT2D eigenvalue weighted by Crippen LogP contribution is 2.39. The minimum Gasteiger partial charge on any atom is -0.325 e. The van der Waals surface area contributed by atoms with Crippen molar-refractivity contribution in [3.05, 3.63) is 11.8 Å². The number of aromatic nitrogens is 2. The fourth-order valence-corrected chi connectivity index (χ4v) is 3.67. The van der Waals surface area contributed by atoms with E-state index in [1.54, 1.807) is 16.8 Å². The van der Waals surface area contributed by atoms with Crippen LogP contribution in [0.2, 0.25) is 0 Å². The van der Waals surface area contributed by atoms with Crippen molar-refractivity contribution >= 4 is 17.8 Å². The highest BCUT2D eigenvalue weighted by molar-refractivity contribution is 5.98. The highest BCUT2D eigenvalue weighted by Gasteiger charge is 2.43. The number of H-pyrrole nitrogens is 1. The van der Waals surface area contributed by atoms with Crippen LogP contribution in [0.5, 0.6) is 0 Å². The highest BCUT2D eigenvalue weighted by atomic mass is 16.2. The number of amides is 3. The maximum absolute atomic E-state index is 12.8. The molecular weight excluding hydrogens is 308 g/mol. The first-order valence-corrected chi connectivity index (χ1v) is 8.74. The Balaban J connectivity index is 1.47. The molecule has 8 heteroatoms. The summed E-state index contributed by atoms with van der Waals surface area (Å²) in [5.74, 6) is 0.961. The molecule has 1 saturated carbocycles. The molecule has 8 nitrogen and oxygen atoms in total. The van der Waals surface area contributed by atoms with Gasteiger partial charge in [0.15, 0.2) is 5.82 Å². The fourth-order valence-electron chi connectivity index (χ4n) is 3.67. The molecular formula is C16H24N6O2. The summed E-state index contributed by atoms with van der Waals surface area (Å²) in [6, 6.07) is 1.53. The van der Waals surface area contributed by atoms with Crippen LogP contribution in [-0.4, -0.2) is 70.7 Å². The zero-order chi connectivity index (χ0) is 16.7. The number of urea groups is 1. The van der Waals surface area contributed by atoms with E-state index in [1.807, 2.05) is 6.07 Å². The maximum Gasteiger partial charge on any atom is 0.320 e. The Morgan fingerprint density at radius 1 is 1.29 bits per heavy atom. The molecule has 24 heavy (non-hydrogen) atoms. The number of likely N-dealkylation sites (N-methyl/N-ethyl adjacent to an activating group) is 1. The van der Waals surface area contributed by atoms with Crippen molar-refractivity contribution in [1.82, 2.24) is 25.3 Å². The topological polar surface area (TPSA) is 93.4 Å². The van der Waals surface area contributed by atoms with Gasteiger partial charge in [-0.25, -0.2) is 4.79 Å². The number of nitrogens with zero attached hydrogens (tertiary/aromatic N) is 3. The van der Waals surface area contributed by atoms with Crippen LogP contribution in [0.1, 0.15) is 37.3 Å². The van der Waals surface area contributed by atoms with Gasteiger partial charge < -0.3 is 20.4 Å². The molecule has 3 N–H and O–H groups in total. The molecule has 0 spiro atoms. The van der Waals surface area contributed by atoms with Crippen molar-refractivity contribution < 1.29 is 9.59 Å². The summed E-state index contributed by atoms with van der Waals surface area (Å²) in [4.78, 5) is 28.7. The standard InChI is InChI=1S/C16H24N6O2/c1-21-9-13(22(16(21)24)11-4-6-17-7-5-11)15(23)18-14-8-12(19-20-14)10-2-3-10/h8,10-11,13,17H,2-7,9H2,1H3,(H2,18,19,20,23)/t13-/m1/s1. The Bertz CT molecular complexity index is 634. The number of carbonyl (C=O) groups excluding carboxylic acids is 2. The summed E-state index contributed by atoms with van der Waals surface area (Å²) < 4.78 is 0. The summed E-state index contributed by atoms with van der Waals surface area (Å²) in [5, 5.41) is 13.4. The second-order valence-electron chi connectivity index (χ2n) is 7.04. The molecule has 1 aliphatic carbocycles. The summed E-state index contributed by atoms with van der Waals surface area (Å²) >= 11 is 0. The molecule has 3 heterocycles. The molecule has 0 aromatic carbocycles. The Morgan fingerprint density at radius 3 is 2.75 bits per heavy atom. The smallest absolute Gasteiger partial charge is 0.320 e. The summed E-state index contributed by atoms with van der Waals surface area (Å²) in [7, 11) is 1.75. The molecule has 1 aromatic heterocycles. The van der Waals surface area contributed by atoms with E-state index in [9.17, 15) is 9.59 Å². The van der Waals surface area contributed by atoms with Crippen LogP contribution in [0.3, 0.4) is 0 Å². The van der Waals surface area contributed by atoms with Gasteiger partial charge in [-0.1, -0.05) is 0 Å². The number of carbonyl (C=O) groups is 2. The van der Waals surface area contributed by atoms with Crippen LogP contribution < -0.4 is 10.6 Å². The van der Waals surface area contributed by atoms with E-state index in [2.05, 4.69) is 20.8 Å². The molecule has 0 radical (unpaired) electrons. The van der Waals surface area contributed by atoms with E-state index in [0.717, 1.165) is 31.6 Å². The van der Waals surface area contributed by atoms with E-state index in [4.69, 9.17) is 0 Å². The van der Waals surface area contributed by atoms with Gasteiger partial charge in [-0.2, -0.15) is 5.10 Å². The van der Waals surface area contributed by atoms with Gasteiger partial charge in [-0.15, -0.1) is 0 Å². The third-order valence-electron chi connectivity index (χ3n) is 5.20. The summed E-state index contributed by atoms with van der Waals surface area (Å²) in [6.07, 6.45) is 4.14. The van der Waals surface area contributed by atoms with Crippen LogP contribution >= 0.6 is 0 Å². The Hall–Kier alpha value is -2.09. The van der Waals surface area contributed by atoms with Crippen LogP contribution in [0.4, 0.5) is 10.6 Å². The Labute approximate surface area is 140 Å². The zero-order valence-corrected chi connectivity index (χ0v) is 13.9. The van der Waals surface area contributed by atoms with Crippen molar-refractivity contribution in [2.75, 3.05) is 32.0 Å². The fraction of sp³-hybridized carbons (Fsp3) is 0.688. The van der Waals surface area contributed by atoms with Gasteiger partial charge in [0.25, 0.3) is 0 Å². The lowest BCUT2D eigenvalue weighted by Gasteiger charge is -2.34. The zero-order valence-electron chi connectivity index (χ0n) is 13.9. The number of nitrogens with one attached hydrogen (secondary N) is 3. The Kier molecular flexibility index (Phi) is 3.91. The molecule has 4 rings (SSSR count). The van der Waals surface area contributed by atoms with Gasteiger partial charge >= 0.3 is 6.03 Å². The SMILES string of the molecule is CN1C[C@H](C(=O)Nc2cc(C3CC3)[nH]n2)N(C2CCNCC2)C1=O. The number of rotatable bonds is 4. The lowest BCUT2D eigenvalue weighted by molar-refractivity contribution is -0.120. The summed E-state index contributed by atoms with van der Waals surface area (Å²) in [6.45, 7) is 2.20. The van der Waals surface area contributed by atoms with Crippen LogP contribution in [-0.2, 0) is 4.79 Å². The number of aromatic amines is 1. The largest absolute Gasteiger partial charge is 0.325 e. The number of hydrogen-bond acceptors (Lipinski definition) is 4. The van der Waals surface area contributed by atoms with E-state index in [1.165, 1.54) is 12.8 Å². The van der Waals surface area contributed by atoms with Gasteiger partial charge in [0.05, 0.1) is 6.54 Å². The maximum atomic E-state index is 12.8. The van der Waals surface area contributed by atoms with E-state index in [-0.39, 0.29) is 18.0 Å². The predicted octanol–water partition coefficient (Wildman–Crippen LogP) is 0.714. The number of hydrogen-bond donors (Lipinski definition) is 3. The third-order valence-corrected chi connectivity index (χ3v) is 5.20. The molecule has 3 fully saturated rings. The first kappa shape index (κ1) is 15.4. The van der Waals surface area contributed by atoms with E-state index in [0.29, 0.717) is 18.3 Å². The molecule has 2 aliphatic heterocycles. The van der Waals surface area contributed by atoms with Crippen molar-refractivity contribution in [1.29, 1.82) is 0 Å². The number of piperidine rings is 1. The molecule has 130 valence electrons. The van der Waals surface area contributed by atoms with Gasteiger partial charge in [-0.05, 0) is 38.8 Å². The molecule has 1 atom stereocenters. The minimum absolute atomic E-state index is 0.0530. The monoisotopic (exact) mass is 332 g/mol. The average molecular weight is 332 g/mol. The minimum atomic E-state index is -0.452. The lowest BCUT2D eigenvalue weighted by Crippen LogP contribution is -2.51. The average Bonchev–Trinajstić information content (AvgIpc) is 3.27. The Morgan fingerprint density at radius 2 is 2.04 bits per heavy atom. The van der Waals surface area contributed by atoms with Gasteiger partial charge in [0.1, 0.15) is 6.04 Å². The predicted molar refractivity (Wildman–Crippen MR) is 88.7 cm³/mol. The second-order valence-corrected chi connectivity index (χ2v) is 7.04. The molecule has 0 bridgehead atoms. The van der Waals surface area contributed by atoms with Crippen LogP contribution in [0, 0.1) is 0 Å². The third kappa shape index (κ3) is 2.86. The molecule has 0 unspecified atom stereocenters. The van der Waals surface area contributed by atoms with Gasteiger partial charge in [0, 0.05) is 30.8 Å². The lowest BCUT2D eigenvalue weighted by atomic mass is 10.0. The van der Waals surface area contributed by atoms with Crippen molar-refractivity contribution in [2.45, 2.75) is 43.7 Å². The molecule has 2 saturated heterocycles. The second kappa shape index (κ2) is 6.08. The molecule has 3 amide bonds. The number of anilines is 1. The van der Waals surface area contributed by atoms with Crippen LogP contribution in [0.25, 0.3) is 0 Å². The van der Waals surface area contributed by atoms with E-state index >= 15 is 0 Å². The van der Waals surface area contributed by atoms with Gasteiger partial charge in [0.2, 0.25) is 5.91 Å². The van der Waals surface area contributed by atoms with E-state index < -0.39 is 6.04 Å². The van der Waals surface area contributed by atoms with Crippen LogP contribution in [0.15, 0.2) is 6.07 Å². The van der Waals surface area contributed by atoms with Gasteiger partial charge in [-0.3, -0.25) is 9.89 Å². The molecule has 1 aromatic rings. The first-order valence-electron chi connectivity index (χ1n) is 8.74. The first-order chi connectivity index (χ1) is 11.6. The van der Waals surface area contributed by atoms with Crippen molar-refractivity contribution in [2.24, 2.45) is 0 Å².